The number of ether oxygens (including phenoxy) is 1. The quantitative estimate of drug-likeness (QED) is 0.825. The molecule has 0 saturated carbocycles. The lowest BCUT2D eigenvalue weighted by atomic mass is 10.1. The highest BCUT2D eigenvalue weighted by molar-refractivity contribution is 5.40. The van der Waals surface area contributed by atoms with E-state index in [0.717, 1.165) is 26.2 Å². The summed E-state index contributed by atoms with van der Waals surface area (Å²) in [7, 11) is 1.38. The average molecular weight is 240 g/mol. The molecule has 0 unspecified atom stereocenters. The van der Waals surface area contributed by atoms with Crippen molar-refractivity contribution >= 4 is 0 Å². The summed E-state index contributed by atoms with van der Waals surface area (Å²) < 4.78 is 18.3. The second-order valence-corrected chi connectivity index (χ2v) is 4.14. The van der Waals surface area contributed by atoms with Gasteiger partial charge < -0.3 is 15.2 Å². The molecule has 0 aromatic heterocycles. The Kier molecular flexibility index (Phi) is 3.81. The number of piperazine rings is 1. The molecule has 1 aliphatic heterocycles. The van der Waals surface area contributed by atoms with Crippen molar-refractivity contribution in [2.24, 2.45) is 0 Å². The van der Waals surface area contributed by atoms with Crippen molar-refractivity contribution in [3.63, 3.8) is 0 Å². The first-order valence-corrected chi connectivity index (χ1v) is 5.69. The van der Waals surface area contributed by atoms with Crippen LogP contribution >= 0.6 is 0 Å². The van der Waals surface area contributed by atoms with Gasteiger partial charge in [0.05, 0.1) is 7.11 Å². The van der Waals surface area contributed by atoms with Gasteiger partial charge in [0.1, 0.15) is 5.75 Å². The van der Waals surface area contributed by atoms with E-state index < -0.39 is 5.82 Å². The Morgan fingerprint density at radius 2 is 2.12 bits per heavy atom. The molecule has 1 aromatic rings. The summed E-state index contributed by atoms with van der Waals surface area (Å²) in [5.41, 5.74) is 0.602. The summed E-state index contributed by atoms with van der Waals surface area (Å²) in [6.45, 7) is 4.24. The molecule has 1 aromatic carbocycles. The van der Waals surface area contributed by atoms with Crippen LogP contribution in [0.15, 0.2) is 12.1 Å². The molecule has 2 rings (SSSR count). The SMILES string of the molecule is COc1cc(O)c(CN2CCNCC2)cc1F. The predicted molar refractivity (Wildman–Crippen MR) is 62.8 cm³/mol. The molecule has 0 radical (unpaired) electrons. The maximum absolute atomic E-state index is 13.5. The molecule has 17 heavy (non-hydrogen) atoms. The molecule has 0 aliphatic carbocycles. The summed E-state index contributed by atoms with van der Waals surface area (Å²) in [5.74, 6) is -0.274. The standard InChI is InChI=1S/C12H17FN2O2/c1-17-12-7-11(16)9(6-10(12)13)8-15-4-2-14-3-5-15/h6-7,14,16H,2-5,8H2,1H3. The number of nitrogens with zero attached hydrogens (tertiary/aromatic N) is 1. The topological polar surface area (TPSA) is 44.7 Å². The number of phenolic OH excluding ortho intramolecular Hbond substituents is 1. The van der Waals surface area contributed by atoms with Gasteiger partial charge in [-0.25, -0.2) is 4.39 Å². The second kappa shape index (κ2) is 5.33. The Morgan fingerprint density at radius 1 is 1.41 bits per heavy atom. The fourth-order valence-electron chi connectivity index (χ4n) is 1.98. The lowest BCUT2D eigenvalue weighted by Crippen LogP contribution is -2.42. The number of hydrogen-bond donors (Lipinski definition) is 2. The van der Waals surface area contributed by atoms with E-state index in [1.54, 1.807) is 0 Å². The highest BCUT2D eigenvalue weighted by atomic mass is 19.1. The van der Waals surface area contributed by atoms with Crippen molar-refractivity contribution in [2.45, 2.75) is 6.54 Å². The molecule has 5 heteroatoms. The third kappa shape index (κ3) is 2.87. The molecule has 0 spiro atoms. The first kappa shape index (κ1) is 12.1. The van der Waals surface area contributed by atoms with Gasteiger partial charge in [0.15, 0.2) is 11.6 Å². The molecule has 1 aliphatic rings. The minimum absolute atomic E-state index is 0.0755. The normalized spacial score (nSPS) is 17.1. The molecule has 1 fully saturated rings. The van der Waals surface area contributed by atoms with Crippen LogP contribution in [0.5, 0.6) is 11.5 Å². The smallest absolute Gasteiger partial charge is 0.165 e. The van der Waals surface area contributed by atoms with Crippen LogP contribution < -0.4 is 10.1 Å². The minimum atomic E-state index is -0.435. The number of nitrogens with one attached hydrogen (secondary N) is 1. The number of aromatic hydroxyl groups is 1. The highest BCUT2D eigenvalue weighted by Gasteiger charge is 2.14. The van der Waals surface area contributed by atoms with Crippen LogP contribution in [-0.2, 0) is 6.54 Å². The fraction of sp³-hybridized carbons (Fsp3) is 0.500. The lowest BCUT2D eigenvalue weighted by Gasteiger charge is -2.27. The Balaban J connectivity index is 2.12. The van der Waals surface area contributed by atoms with Gasteiger partial charge in [0.25, 0.3) is 0 Å². The number of benzene rings is 1. The molecule has 0 bridgehead atoms. The van der Waals surface area contributed by atoms with E-state index in [1.165, 1.54) is 19.2 Å². The van der Waals surface area contributed by atoms with Crippen LogP contribution in [0, 0.1) is 5.82 Å². The summed E-state index contributed by atoms with van der Waals surface area (Å²) in [6, 6.07) is 2.67. The van der Waals surface area contributed by atoms with Gasteiger partial charge >= 0.3 is 0 Å². The zero-order chi connectivity index (χ0) is 12.3. The zero-order valence-corrected chi connectivity index (χ0v) is 9.87. The van der Waals surface area contributed by atoms with Crippen molar-refractivity contribution < 1.29 is 14.2 Å². The van der Waals surface area contributed by atoms with Crippen molar-refractivity contribution in [3.05, 3.63) is 23.5 Å². The van der Waals surface area contributed by atoms with Gasteiger partial charge in [-0.15, -0.1) is 0 Å². The Hall–Kier alpha value is -1.33. The number of hydrogen-bond acceptors (Lipinski definition) is 4. The molecule has 1 heterocycles. The van der Waals surface area contributed by atoms with E-state index in [-0.39, 0.29) is 11.5 Å². The van der Waals surface area contributed by atoms with E-state index in [9.17, 15) is 9.50 Å². The van der Waals surface area contributed by atoms with Gasteiger partial charge in [-0.2, -0.15) is 0 Å². The number of methoxy groups -OCH3 is 1. The Bertz CT molecular complexity index is 392. The molecule has 0 atom stereocenters. The molecular weight excluding hydrogens is 223 g/mol. The first-order valence-electron chi connectivity index (χ1n) is 5.69. The largest absolute Gasteiger partial charge is 0.507 e. The van der Waals surface area contributed by atoms with Crippen molar-refractivity contribution in [2.75, 3.05) is 33.3 Å². The third-order valence-corrected chi connectivity index (χ3v) is 2.96. The fourth-order valence-corrected chi connectivity index (χ4v) is 1.98. The summed E-state index contributed by atoms with van der Waals surface area (Å²) in [5, 5.41) is 13.0. The van der Waals surface area contributed by atoms with Gasteiger partial charge in [-0.05, 0) is 6.07 Å². The minimum Gasteiger partial charge on any atom is -0.507 e. The van der Waals surface area contributed by atoms with Crippen LogP contribution in [0.1, 0.15) is 5.56 Å². The van der Waals surface area contributed by atoms with Crippen molar-refractivity contribution in [1.82, 2.24) is 10.2 Å². The van der Waals surface area contributed by atoms with E-state index in [4.69, 9.17) is 4.74 Å². The molecule has 1 saturated heterocycles. The van der Waals surface area contributed by atoms with E-state index in [2.05, 4.69) is 10.2 Å². The monoisotopic (exact) mass is 240 g/mol. The van der Waals surface area contributed by atoms with Crippen molar-refractivity contribution in [1.29, 1.82) is 0 Å². The van der Waals surface area contributed by atoms with Gasteiger partial charge in [-0.1, -0.05) is 0 Å². The zero-order valence-electron chi connectivity index (χ0n) is 9.87. The van der Waals surface area contributed by atoms with Crippen molar-refractivity contribution in [3.8, 4) is 11.5 Å². The molecule has 94 valence electrons. The first-order chi connectivity index (χ1) is 8.20. The average Bonchev–Trinajstić information content (AvgIpc) is 2.34. The molecule has 2 N–H and O–H groups in total. The Labute approximate surface area is 100.0 Å². The van der Waals surface area contributed by atoms with Crippen LogP contribution in [0.3, 0.4) is 0 Å². The van der Waals surface area contributed by atoms with Crippen LogP contribution in [0.25, 0.3) is 0 Å². The van der Waals surface area contributed by atoms with Gasteiger partial charge in [0, 0.05) is 44.4 Å². The Morgan fingerprint density at radius 3 is 2.76 bits per heavy atom. The van der Waals surface area contributed by atoms with Gasteiger partial charge in [-0.3, -0.25) is 4.90 Å². The maximum Gasteiger partial charge on any atom is 0.165 e. The van der Waals surface area contributed by atoms with Gasteiger partial charge in [0.2, 0.25) is 0 Å². The van der Waals surface area contributed by atoms with Crippen LogP contribution in [0.2, 0.25) is 0 Å². The van der Waals surface area contributed by atoms with Crippen LogP contribution in [0.4, 0.5) is 4.39 Å². The highest BCUT2D eigenvalue weighted by Crippen LogP contribution is 2.27. The predicted octanol–water partition coefficient (Wildman–Crippen LogP) is 0.945. The number of halogens is 1. The second-order valence-electron chi connectivity index (χ2n) is 4.14. The maximum atomic E-state index is 13.5. The number of phenols is 1. The van der Waals surface area contributed by atoms with E-state index in [0.29, 0.717) is 12.1 Å². The molecule has 0 amide bonds. The third-order valence-electron chi connectivity index (χ3n) is 2.96. The summed E-state index contributed by atoms with van der Waals surface area (Å²) >= 11 is 0. The molecule has 4 nitrogen and oxygen atoms in total. The van der Waals surface area contributed by atoms with E-state index in [1.807, 2.05) is 0 Å². The molecular formula is C12H17FN2O2. The van der Waals surface area contributed by atoms with Crippen LogP contribution in [-0.4, -0.2) is 43.3 Å². The number of rotatable bonds is 3. The summed E-state index contributed by atoms with van der Waals surface area (Å²) in [6.07, 6.45) is 0. The lowest BCUT2D eigenvalue weighted by molar-refractivity contribution is 0.230. The van der Waals surface area contributed by atoms with E-state index >= 15 is 0 Å². The summed E-state index contributed by atoms with van der Waals surface area (Å²) in [4.78, 5) is 2.18.